The molecular weight excluding hydrogens is 530 g/mol. The van der Waals surface area contributed by atoms with Crippen LogP contribution in [-0.2, 0) is 16.1 Å². The number of β-amino-alcohol motifs (C(OH)–C–C–N with tert-alkyl or cyclic N) is 1. The van der Waals surface area contributed by atoms with Gasteiger partial charge in [0.15, 0.2) is 11.8 Å². The number of aliphatic hydroxyl groups excluding tert-OH is 2. The van der Waals surface area contributed by atoms with Crippen LogP contribution in [0.3, 0.4) is 0 Å². The number of aromatic amines is 1. The minimum Gasteiger partial charge on any atom is -0.471 e. The number of fused-ring (bicyclic) bond motifs is 2. The van der Waals surface area contributed by atoms with Gasteiger partial charge in [-0.3, -0.25) is 4.79 Å². The number of imidazole rings is 1. The number of aliphatic hydroxyl groups is 2. The number of hydrogen-bond donors (Lipinski definition) is 3. The summed E-state index contributed by atoms with van der Waals surface area (Å²) >= 11 is 6.27. The normalized spacial score (nSPS) is 26.8. The van der Waals surface area contributed by atoms with Crippen molar-refractivity contribution in [3.8, 4) is 11.9 Å². The fourth-order valence-corrected chi connectivity index (χ4v) is 5.04. The SMILES string of the molecule is O=C(c1cc(F)c(COc2nc3nc(O[C@@H]4COC5[C@H](O)CO[C@@H]54)[nH]c3cc2Cl)c(F)c1)N1CC[C@@H](O)C1. The minimum atomic E-state index is -0.961. The number of benzene rings is 1. The summed E-state index contributed by atoms with van der Waals surface area (Å²) in [6.45, 7) is 0.269. The first-order valence-corrected chi connectivity index (χ1v) is 12.4. The summed E-state index contributed by atoms with van der Waals surface area (Å²) in [5.74, 6) is -2.59. The van der Waals surface area contributed by atoms with E-state index in [1.165, 1.54) is 11.0 Å². The zero-order valence-electron chi connectivity index (χ0n) is 19.8. The highest BCUT2D eigenvalue weighted by Crippen LogP contribution is 2.32. The largest absolute Gasteiger partial charge is 0.471 e. The van der Waals surface area contributed by atoms with E-state index in [9.17, 15) is 23.8 Å². The Kier molecular flexibility index (Phi) is 6.56. The van der Waals surface area contributed by atoms with Crippen molar-refractivity contribution in [3.63, 3.8) is 0 Å². The van der Waals surface area contributed by atoms with Crippen molar-refractivity contribution in [3.05, 3.63) is 46.0 Å². The lowest BCUT2D eigenvalue weighted by molar-refractivity contribution is 0.00706. The summed E-state index contributed by atoms with van der Waals surface area (Å²) in [5.41, 5.74) is 0.0712. The van der Waals surface area contributed by atoms with E-state index < -0.39 is 60.2 Å². The summed E-state index contributed by atoms with van der Waals surface area (Å²) in [6.07, 6.45) is -2.32. The van der Waals surface area contributed by atoms with Crippen LogP contribution in [0.25, 0.3) is 11.2 Å². The highest BCUT2D eigenvalue weighted by atomic mass is 35.5. The molecule has 0 aliphatic carbocycles. The molecule has 3 saturated heterocycles. The second kappa shape index (κ2) is 9.89. The number of hydrogen-bond acceptors (Lipinski definition) is 9. The van der Waals surface area contributed by atoms with Crippen LogP contribution in [0.2, 0.25) is 5.02 Å². The van der Waals surface area contributed by atoms with Gasteiger partial charge < -0.3 is 39.0 Å². The van der Waals surface area contributed by atoms with Crippen LogP contribution < -0.4 is 9.47 Å². The maximum absolute atomic E-state index is 14.7. The van der Waals surface area contributed by atoms with Crippen LogP contribution in [0.1, 0.15) is 22.3 Å². The minimum absolute atomic E-state index is 0.0689. The van der Waals surface area contributed by atoms with Crippen molar-refractivity contribution in [1.82, 2.24) is 19.9 Å². The van der Waals surface area contributed by atoms with Gasteiger partial charge in [0.25, 0.3) is 11.9 Å². The smallest absolute Gasteiger partial charge is 0.296 e. The number of rotatable bonds is 6. The lowest BCUT2D eigenvalue weighted by Crippen LogP contribution is -2.34. The summed E-state index contributed by atoms with van der Waals surface area (Å²) in [7, 11) is 0. The molecule has 1 aromatic carbocycles. The molecule has 3 N–H and O–H groups in total. The number of halogens is 3. The number of pyridine rings is 1. The number of aromatic nitrogens is 3. The molecule has 3 aliphatic heterocycles. The van der Waals surface area contributed by atoms with Crippen LogP contribution in [0.5, 0.6) is 11.9 Å². The Morgan fingerprint density at radius 2 is 1.92 bits per heavy atom. The van der Waals surface area contributed by atoms with E-state index in [-0.39, 0.29) is 47.9 Å². The van der Waals surface area contributed by atoms with Gasteiger partial charge in [0.05, 0.1) is 30.4 Å². The summed E-state index contributed by atoms with van der Waals surface area (Å²) in [6, 6.07) is 3.49. The van der Waals surface area contributed by atoms with Crippen LogP contribution in [0.4, 0.5) is 8.78 Å². The molecule has 2 aromatic heterocycles. The van der Waals surface area contributed by atoms with E-state index in [1.54, 1.807) is 0 Å². The molecule has 0 spiro atoms. The molecule has 0 saturated carbocycles. The molecule has 0 radical (unpaired) electrons. The Morgan fingerprint density at radius 1 is 1.16 bits per heavy atom. The number of H-pyrrole nitrogens is 1. The Morgan fingerprint density at radius 3 is 2.66 bits per heavy atom. The Bertz CT molecular complexity index is 1370. The van der Waals surface area contributed by atoms with Crippen molar-refractivity contribution in [2.24, 2.45) is 0 Å². The van der Waals surface area contributed by atoms with Gasteiger partial charge in [-0.1, -0.05) is 11.6 Å². The zero-order valence-corrected chi connectivity index (χ0v) is 20.5. The molecule has 1 amide bonds. The molecular formula is C24H23ClF2N4O7. The number of carbonyl (C=O) groups is 1. The summed E-state index contributed by atoms with van der Waals surface area (Å²) in [4.78, 5) is 25.3. The average Bonchev–Trinajstić information content (AvgIpc) is 3.65. The van der Waals surface area contributed by atoms with Crippen molar-refractivity contribution in [1.29, 1.82) is 0 Å². The van der Waals surface area contributed by atoms with Gasteiger partial charge in [-0.2, -0.15) is 9.97 Å². The van der Waals surface area contributed by atoms with Crippen molar-refractivity contribution >= 4 is 28.7 Å². The third-order valence-corrected chi connectivity index (χ3v) is 7.08. The van der Waals surface area contributed by atoms with Gasteiger partial charge in [-0.05, 0) is 24.6 Å². The summed E-state index contributed by atoms with van der Waals surface area (Å²) < 4.78 is 51.9. The molecule has 3 aliphatic rings. The van der Waals surface area contributed by atoms with E-state index in [1.807, 2.05) is 0 Å². The fraction of sp³-hybridized carbons (Fsp3) is 0.458. The van der Waals surface area contributed by atoms with Gasteiger partial charge >= 0.3 is 0 Å². The van der Waals surface area contributed by atoms with E-state index in [4.69, 9.17) is 30.5 Å². The molecule has 6 rings (SSSR count). The predicted molar refractivity (Wildman–Crippen MR) is 126 cm³/mol. The second-order valence-electron chi connectivity index (χ2n) is 9.41. The molecule has 3 aromatic rings. The standard InChI is InChI=1S/C24H23ClF2N4O7/c25-13-5-16-21(30-24(28-16)38-18-9-36-19-17(33)8-35-20(18)19)29-22(13)37-7-12-14(26)3-10(4-15(12)27)23(34)31-2-1-11(32)6-31/h3-5,11,17-20,32-33H,1-2,6-9H2,(H,28,29,30)/t11-,17-,18-,19?,20-/m1/s1. The van der Waals surface area contributed by atoms with Crippen LogP contribution in [0, 0.1) is 11.6 Å². The Balaban J connectivity index is 1.15. The first-order valence-electron chi connectivity index (χ1n) is 12.0. The second-order valence-corrected chi connectivity index (χ2v) is 9.82. The fourth-order valence-electron chi connectivity index (χ4n) is 4.84. The summed E-state index contributed by atoms with van der Waals surface area (Å²) in [5, 5.41) is 19.6. The monoisotopic (exact) mass is 552 g/mol. The topological polar surface area (TPSA) is 139 Å². The van der Waals surface area contributed by atoms with Gasteiger partial charge in [-0.25, -0.2) is 8.78 Å². The molecule has 11 nitrogen and oxygen atoms in total. The molecule has 202 valence electrons. The molecule has 38 heavy (non-hydrogen) atoms. The average molecular weight is 553 g/mol. The van der Waals surface area contributed by atoms with Gasteiger partial charge in [-0.15, -0.1) is 0 Å². The lowest BCUT2D eigenvalue weighted by atomic mass is 10.1. The van der Waals surface area contributed by atoms with E-state index in [0.29, 0.717) is 18.5 Å². The van der Waals surface area contributed by atoms with Crippen molar-refractivity contribution in [2.75, 3.05) is 26.3 Å². The number of nitrogens with one attached hydrogen (secondary N) is 1. The molecule has 5 heterocycles. The Hall–Kier alpha value is -3.10. The molecule has 0 bridgehead atoms. The maximum atomic E-state index is 14.7. The molecule has 14 heteroatoms. The predicted octanol–water partition coefficient (Wildman–Crippen LogP) is 1.58. The van der Waals surface area contributed by atoms with E-state index >= 15 is 0 Å². The van der Waals surface area contributed by atoms with Crippen molar-refractivity contribution in [2.45, 2.75) is 43.5 Å². The quantitative estimate of drug-likeness (QED) is 0.416. The Labute approximate surface area is 219 Å². The van der Waals surface area contributed by atoms with Gasteiger partial charge in [0.2, 0.25) is 5.88 Å². The van der Waals surface area contributed by atoms with Gasteiger partial charge in [0, 0.05) is 18.7 Å². The molecule has 3 fully saturated rings. The number of likely N-dealkylation sites (tertiary alicyclic amines) is 1. The third kappa shape index (κ3) is 4.64. The van der Waals surface area contributed by atoms with Gasteiger partial charge in [0.1, 0.15) is 41.6 Å². The van der Waals surface area contributed by atoms with Crippen LogP contribution >= 0.6 is 11.6 Å². The van der Waals surface area contributed by atoms with E-state index in [0.717, 1.165) is 12.1 Å². The van der Waals surface area contributed by atoms with E-state index in [2.05, 4.69) is 15.0 Å². The number of carbonyl (C=O) groups excluding carboxylic acids is 1. The zero-order chi connectivity index (χ0) is 26.6. The van der Waals surface area contributed by atoms with Crippen molar-refractivity contribution < 1.29 is 42.7 Å². The third-order valence-electron chi connectivity index (χ3n) is 6.81. The highest BCUT2D eigenvalue weighted by Gasteiger charge is 2.48. The first-order chi connectivity index (χ1) is 18.3. The highest BCUT2D eigenvalue weighted by molar-refractivity contribution is 6.32. The first kappa shape index (κ1) is 25.2. The molecule has 1 unspecified atom stereocenters. The lowest BCUT2D eigenvalue weighted by Gasteiger charge is -2.16. The van der Waals surface area contributed by atoms with Crippen LogP contribution in [-0.4, -0.2) is 92.8 Å². The number of ether oxygens (including phenoxy) is 4. The molecule has 5 atom stereocenters. The maximum Gasteiger partial charge on any atom is 0.296 e. The van der Waals surface area contributed by atoms with Crippen LogP contribution in [0.15, 0.2) is 18.2 Å². The number of nitrogens with zero attached hydrogens (tertiary/aromatic N) is 3. The number of amides is 1.